The highest BCUT2D eigenvalue weighted by molar-refractivity contribution is 5.92. The number of carbonyl (C=O) groups excluding carboxylic acids is 2. The van der Waals surface area contributed by atoms with E-state index < -0.39 is 16.9 Å². The number of nitrogens with one attached hydrogen (secondary N) is 3. The lowest BCUT2D eigenvalue weighted by molar-refractivity contribution is -0.391. The van der Waals surface area contributed by atoms with Gasteiger partial charge < -0.3 is 15.4 Å². The molecule has 10 heteroatoms. The Morgan fingerprint density at radius 3 is 2.59 bits per heavy atom. The summed E-state index contributed by atoms with van der Waals surface area (Å²) in [6.45, 7) is 0. The summed E-state index contributed by atoms with van der Waals surface area (Å²) in [4.78, 5) is 35.6. The second-order valence-electron chi connectivity index (χ2n) is 2.91. The van der Waals surface area contributed by atoms with Gasteiger partial charge in [0.25, 0.3) is 5.82 Å². The average Bonchev–Trinajstić information content (AvgIpc) is 2.67. The Morgan fingerprint density at radius 2 is 2.12 bits per heavy atom. The lowest BCUT2D eigenvalue weighted by atomic mass is 10.6. The van der Waals surface area contributed by atoms with Crippen molar-refractivity contribution in [2.75, 3.05) is 7.05 Å². The number of hydrogen-bond acceptors (Lipinski definition) is 5. The number of rotatable bonds is 2. The molecule has 0 aliphatic carbocycles. The van der Waals surface area contributed by atoms with Crippen LogP contribution in [-0.4, -0.2) is 33.5 Å². The Labute approximate surface area is 95.1 Å². The molecule has 0 fully saturated rings. The Kier molecular flexibility index (Phi) is 3.59. The number of imidazole rings is 1. The first-order valence-electron chi connectivity index (χ1n) is 4.41. The Bertz CT molecular complexity index is 467. The van der Waals surface area contributed by atoms with Gasteiger partial charge in [0.1, 0.15) is 6.20 Å². The summed E-state index contributed by atoms with van der Waals surface area (Å²) in [5.74, 6) is -1.27. The molecule has 0 unspecified atom stereocenters. The molecule has 10 nitrogen and oxygen atoms in total. The molecule has 0 saturated heterocycles. The van der Waals surface area contributed by atoms with Crippen LogP contribution in [0.15, 0.2) is 6.20 Å². The van der Waals surface area contributed by atoms with Gasteiger partial charge >= 0.3 is 17.8 Å². The number of hydrazine groups is 1. The molecular formula is C7H10N6O4. The normalized spacial score (nSPS) is 9.53. The van der Waals surface area contributed by atoms with Gasteiger partial charge in [-0.25, -0.2) is 19.8 Å². The van der Waals surface area contributed by atoms with Crippen LogP contribution in [0.25, 0.3) is 0 Å². The topological polar surface area (TPSA) is 131 Å². The van der Waals surface area contributed by atoms with Gasteiger partial charge in [0.05, 0.1) is 7.05 Å². The molecule has 0 radical (unpaired) electrons. The zero-order valence-electron chi connectivity index (χ0n) is 9.05. The van der Waals surface area contributed by atoms with Crippen LogP contribution in [0.1, 0.15) is 10.6 Å². The molecule has 92 valence electrons. The summed E-state index contributed by atoms with van der Waals surface area (Å²) in [5.41, 5.74) is 4.06. The van der Waals surface area contributed by atoms with Crippen molar-refractivity contribution in [1.29, 1.82) is 0 Å². The van der Waals surface area contributed by atoms with E-state index in [0.29, 0.717) is 0 Å². The molecule has 3 amide bonds. The van der Waals surface area contributed by atoms with Gasteiger partial charge in [-0.15, -0.1) is 0 Å². The molecular weight excluding hydrogens is 232 g/mol. The first kappa shape index (κ1) is 12.4. The predicted octanol–water partition coefficient (Wildman–Crippen LogP) is -1.10. The third kappa shape index (κ3) is 2.68. The van der Waals surface area contributed by atoms with Gasteiger partial charge in [0.2, 0.25) is 0 Å². The third-order valence-corrected chi connectivity index (χ3v) is 1.87. The fourth-order valence-electron chi connectivity index (χ4n) is 1.01. The van der Waals surface area contributed by atoms with E-state index in [1.165, 1.54) is 14.1 Å². The molecule has 0 bridgehead atoms. The van der Waals surface area contributed by atoms with Crippen LogP contribution < -0.4 is 16.2 Å². The summed E-state index contributed by atoms with van der Waals surface area (Å²) in [7, 11) is 2.69. The third-order valence-electron chi connectivity index (χ3n) is 1.87. The average molecular weight is 242 g/mol. The van der Waals surface area contributed by atoms with Crippen molar-refractivity contribution in [1.82, 2.24) is 25.7 Å². The maximum absolute atomic E-state index is 11.5. The van der Waals surface area contributed by atoms with Gasteiger partial charge in [0, 0.05) is 7.05 Å². The smallest absolute Gasteiger partial charge is 0.343 e. The van der Waals surface area contributed by atoms with Crippen LogP contribution in [0.3, 0.4) is 0 Å². The molecule has 0 aliphatic heterocycles. The Balaban J connectivity index is 2.76. The second-order valence-corrected chi connectivity index (χ2v) is 2.91. The molecule has 0 atom stereocenters. The standard InChI is InChI=1S/C7H10N6O4/c1-8-7(15)11-10-6(14)5-9-3-4(12(5)2)13(16)17/h3H,1-2H3,(H,10,14)(H2,8,11,15). The van der Waals surface area contributed by atoms with Crippen LogP contribution in [-0.2, 0) is 7.05 Å². The van der Waals surface area contributed by atoms with Gasteiger partial charge in [-0.2, -0.15) is 0 Å². The number of aromatic nitrogens is 2. The first-order valence-corrected chi connectivity index (χ1v) is 4.41. The quantitative estimate of drug-likeness (QED) is 0.447. The first-order chi connectivity index (χ1) is 7.97. The predicted molar refractivity (Wildman–Crippen MR) is 54.9 cm³/mol. The van der Waals surface area contributed by atoms with E-state index >= 15 is 0 Å². The fraction of sp³-hybridized carbons (Fsp3) is 0.286. The van der Waals surface area contributed by atoms with E-state index in [1.807, 2.05) is 10.9 Å². The van der Waals surface area contributed by atoms with E-state index in [-0.39, 0.29) is 11.6 Å². The van der Waals surface area contributed by atoms with Gasteiger partial charge in [-0.1, -0.05) is 0 Å². The monoisotopic (exact) mass is 242 g/mol. The molecule has 3 N–H and O–H groups in total. The molecule has 17 heavy (non-hydrogen) atoms. The van der Waals surface area contributed by atoms with Crippen molar-refractivity contribution in [2.24, 2.45) is 7.05 Å². The van der Waals surface area contributed by atoms with Crippen molar-refractivity contribution >= 4 is 17.8 Å². The maximum Gasteiger partial charge on any atom is 0.343 e. The summed E-state index contributed by atoms with van der Waals surface area (Å²) < 4.78 is 1.00. The maximum atomic E-state index is 11.5. The Hall–Kier alpha value is -2.65. The number of nitrogens with zero attached hydrogens (tertiary/aromatic N) is 3. The lowest BCUT2D eigenvalue weighted by Crippen LogP contribution is -2.46. The summed E-state index contributed by atoms with van der Waals surface area (Å²) >= 11 is 0. The van der Waals surface area contributed by atoms with E-state index in [2.05, 4.69) is 10.3 Å². The van der Waals surface area contributed by atoms with Crippen molar-refractivity contribution in [3.8, 4) is 0 Å². The minimum absolute atomic E-state index is 0.187. The number of carbonyl (C=O) groups is 2. The van der Waals surface area contributed by atoms with E-state index in [9.17, 15) is 19.7 Å². The molecule has 1 aromatic rings. The zero-order chi connectivity index (χ0) is 13.0. The minimum Gasteiger partial charge on any atom is -0.358 e. The molecule has 0 aliphatic rings. The van der Waals surface area contributed by atoms with E-state index in [4.69, 9.17) is 0 Å². The highest BCUT2D eigenvalue weighted by Crippen LogP contribution is 2.10. The number of urea groups is 1. The van der Waals surface area contributed by atoms with Gasteiger partial charge in [-0.05, 0) is 4.92 Å². The Morgan fingerprint density at radius 1 is 1.47 bits per heavy atom. The largest absolute Gasteiger partial charge is 0.358 e. The summed E-state index contributed by atoms with van der Waals surface area (Å²) in [6, 6.07) is -0.623. The van der Waals surface area contributed by atoms with Crippen LogP contribution in [0, 0.1) is 10.1 Å². The summed E-state index contributed by atoms with van der Waals surface area (Å²) in [5, 5.41) is 12.7. The van der Waals surface area contributed by atoms with Crippen LogP contribution in [0.4, 0.5) is 10.6 Å². The molecule has 1 rings (SSSR count). The molecule has 1 aromatic heterocycles. The number of nitro groups is 1. The lowest BCUT2D eigenvalue weighted by Gasteiger charge is -2.04. The highest BCUT2D eigenvalue weighted by atomic mass is 16.6. The second kappa shape index (κ2) is 4.92. The fourth-order valence-corrected chi connectivity index (χ4v) is 1.01. The van der Waals surface area contributed by atoms with Crippen molar-refractivity contribution in [3.05, 3.63) is 22.1 Å². The minimum atomic E-state index is -0.760. The van der Waals surface area contributed by atoms with Gasteiger partial charge in [-0.3, -0.25) is 10.2 Å². The van der Waals surface area contributed by atoms with Gasteiger partial charge in [0.15, 0.2) is 0 Å². The summed E-state index contributed by atoms with van der Waals surface area (Å²) in [6.07, 6.45) is 0.953. The zero-order valence-corrected chi connectivity index (χ0v) is 9.05. The van der Waals surface area contributed by atoms with Crippen molar-refractivity contribution in [2.45, 2.75) is 0 Å². The van der Waals surface area contributed by atoms with E-state index in [0.717, 1.165) is 10.8 Å². The number of amides is 3. The van der Waals surface area contributed by atoms with Crippen LogP contribution in [0.2, 0.25) is 0 Å². The van der Waals surface area contributed by atoms with Crippen LogP contribution >= 0.6 is 0 Å². The van der Waals surface area contributed by atoms with Crippen LogP contribution in [0.5, 0.6) is 0 Å². The van der Waals surface area contributed by atoms with E-state index in [1.54, 1.807) is 0 Å². The molecule has 0 aromatic carbocycles. The van der Waals surface area contributed by atoms with Crippen molar-refractivity contribution in [3.63, 3.8) is 0 Å². The SMILES string of the molecule is CNC(=O)NNC(=O)c1ncc([N+](=O)[O-])n1C. The van der Waals surface area contributed by atoms with Crippen molar-refractivity contribution < 1.29 is 14.5 Å². The molecule has 0 saturated carbocycles. The molecule has 1 heterocycles. The highest BCUT2D eigenvalue weighted by Gasteiger charge is 2.22. The molecule has 0 spiro atoms. The number of hydrogen-bond donors (Lipinski definition) is 3.